The maximum Gasteiger partial charge on any atom is 0.234 e. The van der Waals surface area contributed by atoms with Crippen molar-refractivity contribution in [3.63, 3.8) is 0 Å². The number of halogens is 2. The van der Waals surface area contributed by atoms with Crippen LogP contribution >= 0.6 is 11.6 Å². The van der Waals surface area contributed by atoms with Crippen molar-refractivity contribution in [2.24, 2.45) is 0 Å². The van der Waals surface area contributed by atoms with Crippen LogP contribution in [0.3, 0.4) is 0 Å². The number of rotatable bonds is 9. The molecule has 0 bridgehead atoms. The van der Waals surface area contributed by atoms with Crippen LogP contribution in [-0.2, 0) is 14.3 Å². The van der Waals surface area contributed by atoms with E-state index in [2.05, 4.69) is 15.5 Å². The number of amides is 1. The summed E-state index contributed by atoms with van der Waals surface area (Å²) in [6.45, 7) is 5.43. The van der Waals surface area contributed by atoms with Crippen LogP contribution in [0.2, 0.25) is 5.02 Å². The van der Waals surface area contributed by atoms with Gasteiger partial charge in [-0.2, -0.15) is 0 Å². The average molecular weight is 388 g/mol. The van der Waals surface area contributed by atoms with Gasteiger partial charge < -0.3 is 20.1 Å². The van der Waals surface area contributed by atoms with Gasteiger partial charge in [0.05, 0.1) is 31.9 Å². The number of nitrogens with zero attached hydrogens (tertiary/aromatic N) is 1. The molecule has 1 aromatic carbocycles. The Morgan fingerprint density at radius 2 is 2.35 bits per heavy atom. The predicted octanol–water partition coefficient (Wildman–Crippen LogP) is 1.59. The normalized spacial score (nSPS) is 19.3. The molecule has 2 atom stereocenters. The Balaban J connectivity index is 2.05. The van der Waals surface area contributed by atoms with Gasteiger partial charge in [0, 0.05) is 43.9 Å². The van der Waals surface area contributed by atoms with E-state index in [0.717, 1.165) is 0 Å². The number of hydrogen-bond donors (Lipinski definition) is 2. The molecule has 2 rings (SSSR count). The predicted molar refractivity (Wildman–Crippen MR) is 98.9 cm³/mol. The minimum absolute atomic E-state index is 0.0446. The smallest absolute Gasteiger partial charge is 0.234 e. The van der Waals surface area contributed by atoms with Crippen LogP contribution in [0, 0.1) is 5.82 Å². The van der Waals surface area contributed by atoms with E-state index in [1.54, 1.807) is 19.2 Å². The molecule has 26 heavy (non-hydrogen) atoms. The number of ether oxygens (including phenoxy) is 2. The van der Waals surface area contributed by atoms with Crippen LogP contribution in [0.4, 0.5) is 4.39 Å². The Bertz CT molecular complexity index is 571. The van der Waals surface area contributed by atoms with Crippen LogP contribution in [0.5, 0.6) is 0 Å². The highest BCUT2D eigenvalue weighted by Crippen LogP contribution is 2.30. The fourth-order valence-corrected chi connectivity index (χ4v) is 3.31. The molecule has 0 radical (unpaired) electrons. The Hall–Kier alpha value is -1.25. The lowest BCUT2D eigenvalue weighted by Crippen LogP contribution is -2.47. The van der Waals surface area contributed by atoms with Gasteiger partial charge in [0.25, 0.3) is 0 Å². The van der Waals surface area contributed by atoms with Crippen LogP contribution in [0.25, 0.3) is 0 Å². The van der Waals surface area contributed by atoms with Gasteiger partial charge in [0.1, 0.15) is 5.82 Å². The van der Waals surface area contributed by atoms with Crippen LogP contribution in [0.15, 0.2) is 18.2 Å². The second-order valence-electron chi connectivity index (χ2n) is 6.30. The van der Waals surface area contributed by atoms with Crippen molar-refractivity contribution in [1.82, 2.24) is 15.5 Å². The molecule has 2 N–H and O–H groups in total. The Labute approximate surface area is 159 Å². The molecular formula is C18H27ClFN3O3. The molecule has 6 nitrogen and oxygen atoms in total. The van der Waals surface area contributed by atoms with Crippen LogP contribution in [0.1, 0.15) is 18.5 Å². The zero-order chi connectivity index (χ0) is 18.9. The van der Waals surface area contributed by atoms with E-state index < -0.39 is 0 Å². The van der Waals surface area contributed by atoms with Crippen molar-refractivity contribution in [2.75, 3.05) is 53.0 Å². The van der Waals surface area contributed by atoms with Gasteiger partial charge in [-0.15, -0.1) is 0 Å². The summed E-state index contributed by atoms with van der Waals surface area (Å²) < 4.78 is 25.0. The van der Waals surface area contributed by atoms with Gasteiger partial charge in [0.2, 0.25) is 5.91 Å². The van der Waals surface area contributed by atoms with Crippen LogP contribution in [-0.4, -0.2) is 70.0 Å². The number of carbonyl (C=O) groups is 1. The second kappa shape index (κ2) is 10.8. The molecule has 1 fully saturated rings. The lowest BCUT2D eigenvalue weighted by atomic mass is 10.0. The summed E-state index contributed by atoms with van der Waals surface area (Å²) in [7, 11) is 1.60. The van der Waals surface area contributed by atoms with Crippen molar-refractivity contribution >= 4 is 17.5 Å². The third-order valence-corrected chi connectivity index (χ3v) is 4.64. The van der Waals surface area contributed by atoms with Crippen molar-refractivity contribution in [3.8, 4) is 0 Å². The van der Waals surface area contributed by atoms with E-state index in [4.69, 9.17) is 21.1 Å². The summed E-state index contributed by atoms with van der Waals surface area (Å²) in [6, 6.07) is 4.30. The largest absolute Gasteiger partial charge is 0.383 e. The zero-order valence-corrected chi connectivity index (χ0v) is 16.0. The lowest BCUT2D eigenvalue weighted by Gasteiger charge is -2.38. The van der Waals surface area contributed by atoms with Crippen molar-refractivity contribution < 1.29 is 18.7 Å². The Morgan fingerprint density at radius 3 is 3.04 bits per heavy atom. The van der Waals surface area contributed by atoms with Gasteiger partial charge in [0.15, 0.2) is 0 Å². The molecule has 1 aromatic rings. The molecule has 2 unspecified atom stereocenters. The summed E-state index contributed by atoms with van der Waals surface area (Å²) in [5.74, 6) is -0.519. The first kappa shape index (κ1) is 21.1. The quantitative estimate of drug-likeness (QED) is 0.630. The molecule has 1 heterocycles. The molecule has 146 valence electrons. The third kappa shape index (κ3) is 6.17. The molecule has 1 saturated heterocycles. The van der Waals surface area contributed by atoms with Gasteiger partial charge in [-0.25, -0.2) is 4.39 Å². The summed E-state index contributed by atoms with van der Waals surface area (Å²) in [5, 5.41) is 6.23. The highest BCUT2D eigenvalue weighted by atomic mass is 35.5. The fraction of sp³-hybridized carbons (Fsp3) is 0.611. The maximum absolute atomic E-state index is 14.5. The first-order valence-corrected chi connectivity index (χ1v) is 9.16. The molecular weight excluding hydrogens is 361 g/mol. The zero-order valence-electron chi connectivity index (χ0n) is 15.3. The number of methoxy groups -OCH3 is 1. The van der Waals surface area contributed by atoms with Gasteiger partial charge in [-0.3, -0.25) is 9.69 Å². The van der Waals surface area contributed by atoms with E-state index in [-0.39, 0.29) is 37.0 Å². The summed E-state index contributed by atoms with van der Waals surface area (Å²) in [6.07, 6.45) is 0.0446. The van der Waals surface area contributed by atoms with Gasteiger partial charge in [-0.1, -0.05) is 17.7 Å². The van der Waals surface area contributed by atoms with E-state index in [1.807, 2.05) is 6.92 Å². The van der Waals surface area contributed by atoms with E-state index >= 15 is 0 Å². The summed E-state index contributed by atoms with van der Waals surface area (Å²) in [4.78, 5) is 14.2. The topological polar surface area (TPSA) is 62.8 Å². The molecule has 0 saturated carbocycles. The molecule has 0 spiro atoms. The molecule has 0 aromatic heterocycles. The van der Waals surface area contributed by atoms with Gasteiger partial charge >= 0.3 is 0 Å². The highest BCUT2D eigenvalue weighted by Gasteiger charge is 2.29. The SMILES string of the molecule is COCCNCC(=O)NCC(c1c(F)cccc1Cl)N1CCOC(C)C1. The minimum atomic E-state index is -0.367. The molecule has 1 amide bonds. The second-order valence-corrected chi connectivity index (χ2v) is 6.71. The maximum atomic E-state index is 14.5. The Morgan fingerprint density at radius 1 is 1.54 bits per heavy atom. The number of morpholine rings is 1. The molecule has 1 aliphatic heterocycles. The first-order valence-electron chi connectivity index (χ1n) is 8.78. The van der Waals surface area contributed by atoms with Crippen molar-refractivity contribution in [1.29, 1.82) is 0 Å². The average Bonchev–Trinajstić information content (AvgIpc) is 2.61. The molecule has 1 aliphatic rings. The van der Waals surface area contributed by atoms with Gasteiger partial charge in [-0.05, 0) is 19.1 Å². The number of benzene rings is 1. The number of nitrogens with one attached hydrogen (secondary N) is 2. The van der Waals surface area contributed by atoms with E-state index in [1.165, 1.54) is 6.07 Å². The molecule has 8 heteroatoms. The third-order valence-electron chi connectivity index (χ3n) is 4.31. The Kier molecular flexibility index (Phi) is 8.74. The minimum Gasteiger partial charge on any atom is -0.383 e. The summed E-state index contributed by atoms with van der Waals surface area (Å²) >= 11 is 6.28. The van der Waals surface area contributed by atoms with E-state index in [9.17, 15) is 9.18 Å². The van der Waals surface area contributed by atoms with E-state index in [0.29, 0.717) is 43.4 Å². The van der Waals surface area contributed by atoms with Crippen molar-refractivity contribution in [2.45, 2.75) is 19.1 Å². The summed E-state index contributed by atoms with van der Waals surface area (Å²) in [5.41, 5.74) is 0.413. The first-order chi connectivity index (χ1) is 12.5. The lowest BCUT2D eigenvalue weighted by molar-refractivity contribution is -0.120. The van der Waals surface area contributed by atoms with Crippen LogP contribution < -0.4 is 10.6 Å². The monoisotopic (exact) mass is 387 g/mol. The van der Waals surface area contributed by atoms with Crippen molar-refractivity contribution in [3.05, 3.63) is 34.6 Å². The number of carbonyl (C=O) groups excluding carboxylic acids is 1. The molecule has 0 aliphatic carbocycles. The standard InChI is InChI=1S/C18H27ClFN3O3/c1-13-12-23(7-9-26-13)16(18-14(19)4-3-5-15(18)20)10-22-17(24)11-21-6-8-25-2/h3-5,13,16,21H,6-12H2,1-2H3,(H,22,24). The fourth-order valence-electron chi connectivity index (χ4n) is 3.02. The highest BCUT2D eigenvalue weighted by molar-refractivity contribution is 6.31. The number of hydrogen-bond acceptors (Lipinski definition) is 5.